The molecule has 0 saturated carbocycles. The van der Waals surface area contributed by atoms with Crippen molar-refractivity contribution >= 4 is 16.8 Å². The van der Waals surface area contributed by atoms with Gasteiger partial charge in [0.05, 0.1) is 32.9 Å². The molecule has 2 aromatic rings. The lowest BCUT2D eigenvalue weighted by atomic mass is 10.1. The molecule has 21 heavy (non-hydrogen) atoms. The summed E-state index contributed by atoms with van der Waals surface area (Å²) in [5, 5.41) is 8.71. The predicted octanol–water partition coefficient (Wildman–Crippen LogP) is 2.65. The van der Waals surface area contributed by atoms with Gasteiger partial charge in [0.15, 0.2) is 0 Å². The maximum absolute atomic E-state index is 12.1. The van der Waals surface area contributed by atoms with E-state index in [1.54, 1.807) is 48.5 Å². The maximum atomic E-state index is 12.1. The van der Waals surface area contributed by atoms with Crippen molar-refractivity contribution in [2.75, 3.05) is 6.26 Å². The first-order chi connectivity index (χ1) is 10.1. The number of nitrogens with zero attached hydrogens (tertiary/aromatic N) is 1. The molecule has 0 amide bonds. The van der Waals surface area contributed by atoms with Crippen LogP contribution in [0.4, 0.5) is 0 Å². The zero-order chi connectivity index (χ0) is 15.2. The quantitative estimate of drug-likeness (QED) is 0.814. The predicted molar refractivity (Wildman–Crippen MR) is 79.1 cm³/mol. The van der Waals surface area contributed by atoms with E-state index in [1.165, 1.54) is 6.26 Å². The van der Waals surface area contributed by atoms with Crippen LogP contribution in [-0.4, -0.2) is 16.4 Å². The van der Waals surface area contributed by atoms with E-state index < -0.39 is 16.8 Å². The second-order valence-corrected chi connectivity index (χ2v) is 5.68. The molecular formula is C16H13NO3S. The van der Waals surface area contributed by atoms with Crippen LogP contribution in [0.5, 0.6) is 0 Å². The standard InChI is InChI=1S/C16H13NO3S/c1-21(19)15-5-3-2-4-14(15)16(18)20-11-13-8-6-12(10-17)7-9-13/h2-9H,11H2,1H3. The first-order valence-electron chi connectivity index (χ1n) is 6.20. The Morgan fingerprint density at radius 3 is 2.48 bits per heavy atom. The van der Waals surface area contributed by atoms with Gasteiger partial charge in [-0.05, 0) is 29.8 Å². The molecule has 0 heterocycles. The fraction of sp³-hybridized carbons (Fsp3) is 0.125. The van der Waals surface area contributed by atoms with Crippen LogP contribution in [-0.2, 0) is 22.1 Å². The molecular weight excluding hydrogens is 286 g/mol. The van der Waals surface area contributed by atoms with Gasteiger partial charge in [0.2, 0.25) is 0 Å². The summed E-state index contributed by atoms with van der Waals surface area (Å²) in [5.41, 5.74) is 1.65. The summed E-state index contributed by atoms with van der Waals surface area (Å²) in [5.74, 6) is -0.509. The second kappa shape index (κ2) is 6.82. The van der Waals surface area contributed by atoms with Gasteiger partial charge >= 0.3 is 5.97 Å². The van der Waals surface area contributed by atoms with E-state index in [0.717, 1.165) is 5.56 Å². The molecule has 0 radical (unpaired) electrons. The Labute approximate surface area is 125 Å². The molecule has 0 spiro atoms. The monoisotopic (exact) mass is 299 g/mol. The van der Waals surface area contributed by atoms with E-state index in [0.29, 0.717) is 16.0 Å². The van der Waals surface area contributed by atoms with Crippen LogP contribution in [0.25, 0.3) is 0 Å². The highest BCUT2D eigenvalue weighted by Crippen LogP contribution is 2.15. The molecule has 0 aliphatic rings. The molecule has 0 N–H and O–H groups in total. The minimum absolute atomic E-state index is 0.106. The van der Waals surface area contributed by atoms with Crippen LogP contribution < -0.4 is 0 Å². The Balaban J connectivity index is 2.08. The minimum atomic E-state index is -1.25. The second-order valence-electron chi connectivity index (χ2n) is 4.34. The van der Waals surface area contributed by atoms with Gasteiger partial charge in [0.25, 0.3) is 0 Å². The third-order valence-corrected chi connectivity index (χ3v) is 3.85. The van der Waals surface area contributed by atoms with Crippen molar-refractivity contribution in [3.63, 3.8) is 0 Å². The topological polar surface area (TPSA) is 67.2 Å². The van der Waals surface area contributed by atoms with E-state index in [2.05, 4.69) is 0 Å². The normalized spacial score (nSPS) is 11.4. The summed E-state index contributed by atoms with van der Waals surface area (Å²) in [4.78, 5) is 12.5. The van der Waals surface area contributed by atoms with Crippen molar-refractivity contribution in [3.05, 3.63) is 65.2 Å². The van der Waals surface area contributed by atoms with Crippen LogP contribution in [0.3, 0.4) is 0 Å². The van der Waals surface area contributed by atoms with Gasteiger partial charge in [-0.15, -0.1) is 0 Å². The first kappa shape index (κ1) is 14.9. The van der Waals surface area contributed by atoms with Gasteiger partial charge in [-0.2, -0.15) is 5.26 Å². The highest BCUT2D eigenvalue weighted by molar-refractivity contribution is 7.84. The molecule has 1 atom stereocenters. The van der Waals surface area contributed by atoms with Crippen LogP contribution >= 0.6 is 0 Å². The van der Waals surface area contributed by atoms with E-state index in [-0.39, 0.29) is 6.61 Å². The van der Waals surface area contributed by atoms with Crippen LogP contribution in [0.15, 0.2) is 53.4 Å². The molecule has 2 rings (SSSR count). The van der Waals surface area contributed by atoms with Crippen molar-refractivity contribution in [3.8, 4) is 6.07 Å². The molecule has 5 heteroatoms. The van der Waals surface area contributed by atoms with Gasteiger partial charge in [-0.1, -0.05) is 24.3 Å². The number of nitriles is 1. The van der Waals surface area contributed by atoms with Gasteiger partial charge in [-0.25, -0.2) is 4.79 Å². The van der Waals surface area contributed by atoms with E-state index >= 15 is 0 Å². The molecule has 0 aliphatic carbocycles. The summed E-state index contributed by atoms with van der Waals surface area (Å²) in [6.45, 7) is 0.106. The lowest BCUT2D eigenvalue weighted by Crippen LogP contribution is -2.09. The van der Waals surface area contributed by atoms with E-state index in [9.17, 15) is 9.00 Å². The third-order valence-electron chi connectivity index (χ3n) is 2.87. The number of ether oxygens (including phenoxy) is 1. The van der Waals surface area contributed by atoms with E-state index in [4.69, 9.17) is 10.00 Å². The SMILES string of the molecule is CS(=O)c1ccccc1C(=O)OCc1ccc(C#N)cc1. The van der Waals surface area contributed by atoms with Crippen molar-refractivity contribution in [1.82, 2.24) is 0 Å². The Morgan fingerprint density at radius 1 is 1.19 bits per heavy atom. The number of carbonyl (C=O) groups excluding carboxylic acids is 1. The molecule has 0 aromatic heterocycles. The maximum Gasteiger partial charge on any atom is 0.339 e. The third kappa shape index (κ3) is 3.77. The largest absolute Gasteiger partial charge is 0.457 e. The van der Waals surface area contributed by atoms with Crippen LogP contribution in [0, 0.1) is 11.3 Å². The molecule has 0 bridgehead atoms. The number of hydrogen-bond donors (Lipinski definition) is 0. The van der Waals surface area contributed by atoms with Crippen molar-refractivity contribution in [2.24, 2.45) is 0 Å². The highest BCUT2D eigenvalue weighted by Gasteiger charge is 2.14. The fourth-order valence-electron chi connectivity index (χ4n) is 1.79. The smallest absolute Gasteiger partial charge is 0.339 e. The lowest BCUT2D eigenvalue weighted by molar-refractivity contribution is 0.0468. The van der Waals surface area contributed by atoms with E-state index in [1.807, 2.05) is 6.07 Å². The number of hydrogen-bond acceptors (Lipinski definition) is 4. The summed E-state index contributed by atoms with van der Waals surface area (Å²) in [6, 6.07) is 15.5. The van der Waals surface area contributed by atoms with Gasteiger partial charge in [0.1, 0.15) is 6.61 Å². The van der Waals surface area contributed by atoms with Crippen molar-refractivity contribution in [1.29, 1.82) is 5.26 Å². The Hall–Kier alpha value is -2.45. The molecule has 2 aromatic carbocycles. The van der Waals surface area contributed by atoms with Crippen LogP contribution in [0.2, 0.25) is 0 Å². The summed E-state index contributed by atoms with van der Waals surface area (Å²) in [7, 11) is -1.25. The molecule has 0 saturated heterocycles. The summed E-state index contributed by atoms with van der Waals surface area (Å²) >= 11 is 0. The molecule has 4 nitrogen and oxygen atoms in total. The van der Waals surface area contributed by atoms with Gasteiger partial charge < -0.3 is 4.74 Å². The zero-order valence-corrected chi connectivity index (χ0v) is 12.2. The Morgan fingerprint density at radius 2 is 1.86 bits per heavy atom. The number of rotatable bonds is 4. The van der Waals surface area contributed by atoms with Crippen molar-refractivity contribution < 1.29 is 13.7 Å². The fourth-order valence-corrected chi connectivity index (χ4v) is 2.52. The van der Waals surface area contributed by atoms with Gasteiger partial charge in [0, 0.05) is 6.26 Å². The van der Waals surface area contributed by atoms with Crippen LogP contribution in [0.1, 0.15) is 21.5 Å². The lowest BCUT2D eigenvalue weighted by Gasteiger charge is -2.08. The Kier molecular flexibility index (Phi) is 4.85. The minimum Gasteiger partial charge on any atom is -0.457 e. The molecule has 0 fully saturated rings. The highest BCUT2D eigenvalue weighted by atomic mass is 32.2. The average molecular weight is 299 g/mol. The molecule has 106 valence electrons. The van der Waals surface area contributed by atoms with Crippen molar-refractivity contribution in [2.45, 2.75) is 11.5 Å². The first-order valence-corrected chi connectivity index (χ1v) is 7.76. The number of benzene rings is 2. The summed E-state index contributed by atoms with van der Waals surface area (Å²) in [6.07, 6.45) is 1.52. The van der Waals surface area contributed by atoms with Gasteiger partial charge in [-0.3, -0.25) is 4.21 Å². The molecule has 0 aliphatic heterocycles. The Bertz CT molecular complexity index is 717. The number of carbonyl (C=O) groups is 1. The average Bonchev–Trinajstić information content (AvgIpc) is 2.53. The number of esters is 1. The summed E-state index contributed by atoms with van der Waals surface area (Å²) < 4.78 is 16.8. The molecule has 1 unspecified atom stereocenters. The zero-order valence-electron chi connectivity index (χ0n) is 11.4.